The molecule has 168 valence electrons. The average molecular weight is 460 g/mol. The van der Waals surface area contributed by atoms with Crippen molar-refractivity contribution in [1.82, 2.24) is 14.9 Å². The summed E-state index contributed by atoms with van der Waals surface area (Å²) in [6.45, 7) is -0.283. The fraction of sp³-hybridized carbons (Fsp3) is 0.389. The summed E-state index contributed by atoms with van der Waals surface area (Å²) in [6, 6.07) is 4.27. The largest absolute Gasteiger partial charge is 0.501 e. The Morgan fingerprint density at radius 1 is 1.29 bits per heavy atom. The van der Waals surface area contributed by atoms with Gasteiger partial charge in [0.2, 0.25) is 21.7 Å². The molecule has 0 saturated carbocycles. The maximum absolute atomic E-state index is 12.8. The highest BCUT2D eigenvalue weighted by Crippen LogP contribution is 2.29. The topological polar surface area (TPSA) is 122 Å². The summed E-state index contributed by atoms with van der Waals surface area (Å²) in [5.41, 5.74) is -2.52. The third kappa shape index (κ3) is 4.65. The molecule has 31 heavy (non-hydrogen) atoms. The summed E-state index contributed by atoms with van der Waals surface area (Å²) in [4.78, 5) is 28.7. The Balaban J connectivity index is 1.90. The predicted molar refractivity (Wildman–Crippen MR) is 104 cm³/mol. The van der Waals surface area contributed by atoms with Gasteiger partial charge < -0.3 is 10.4 Å². The Labute approximate surface area is 175 Å². The van der Waals surface area contributed by atoms with Gasteiger partial charge in [0.15, 0.2) is 5.69 Å². The second-order valence-electron chi connectivity index (χ2n) is 6.95. The summed E-state index contributed by atoms with van der Waals surface area (Å²) in [5.74, 6) is -2.52. The van der Waals surface area contributed by atoms with Crippen LogP contribution in [0.2, 0.25) is 0 Å². The van der Waals surface area contributed by atoms with Crippen LogP contribution in [0, 0.1) is 0 Å². The monoisotopic (exact) mass is 460 g/mol. The summed E-state index contributed by atoms with van der Waals surface area (Å²) in [5, 5.41) is 12.4. The van der Waals surface area contributed by atoms with E-state index in [1.165, 1.54) is 19.2 Å². The van der Waals surface area contributed by atoms with Crippen molar-refractivity contribution in [3.8, 4) is 5.75 Å². The predicted octanol–water partition coefficient (Wildman–Crippen LogP) is 1.36. The van der Waals surface area contributed by atoms with E-state index in [0.717, 1.165) is 21.0 Å². The van der Waals surface area contributed by atoms with E-state index < -0.39 is 44.7 Å². The van der Waals surface area contributed by atoms with Gasteiger partial charge in [0.05, 0.1) is 11.3 Å². The van der Waals surface area contributed by atoms with Crippen LogP contribution < -0.4 is 15.2 Å². The van der Waals surface area contributed by atoms with Crippen LogP contribution in [0.1, 0.15) is 34.5 Å². The Kier molecular flexibility index (Phi) is 5.98. The van der Waals surface area contributed by atoms with Crippen LogP contribution in [-0.2, 0) is 29.8 Å². The van der Waals surface area contributed by atoms with Crippen molar-refractivity contribution in [2.45, 2.75) is 25.6 Å². The van der Waals surface area contributed by atoms with Gasteiger partial charge in [0, 0.05) is 20.1 Å². The van der Waals surface area contributed by atoms with Crippen molar-refractivity contribution in [3.05, 3.63) is 51.4 Å². The lowest BCUT2D eigenvalue weighted by molar-refractivity contribution is -0.137. The molecule has 2 N–H and O–H groups in total. The number of anilines is 1. The Morgan fingerprint density at radius 2 is 2.00 bits per heavy atom. The minimum atomic E-state index is -4.56. The fourth-order valence-electron chi connectivity index (χ4n) is 3.10. The molecule has 13 heteroatoms. The van der Waals surface area contributed by atoms with Gasteiger partial charge in [-0.15, -0.1) is 0 Å². The van der Waals surface area contributed by atoms with Crippen LogP contribution in [0.4, 0.5) is 19.1 Å². The van der Waals surface area contributed by atoms with E-state index >= 15 is 0 Å². The first-order valence-corrected chi connectivity index (χ1v) is 10.8. The van der Waals surface area contributed by atoms with Gasteiger partial charge in [-0.1, -0.05) is 12.1 Å². The first kappa shape index (κ1) is 22.6. The zero-order chi connectivity index (χ0) is 23.0. The first-order chi connectivity index (χ1) is 14.4. The lowest BCUT2D eigenvalue weighted by Gasteiger charge is -2.28. The molecule has 1 aliphatic rings. The van der Waals surface area contributed by atoms with Crippen LogP contribution in [0.3, 0.4) is 0 Å². The number of aromatic hydroxyl groups is 1. The molecule has 3 rings (SSSR count). The lowest BCUT2D eigenvalue weighted by Crippen LogP contribution is -2.42. The summed E-state index contributed by atoms with van der Waals surface area (Å²) < 4.78 is 64.9. The van der Waals surface area contributed by atoms with Gasteiger partial charge in [0.1, 0.15) is 0 Å². The van der Waals surface area contributed by atoms with Gasteiger partial charge in [0.25, 0.3) is 11.5 Å². The maximum atomic E-state index is 12.8. The normalized spacial score (nSPS) is 16.2. The van der Waals surface area contributed by atoms with Gasteiger partial charge in [-0.2, -0.15) is 13.2 Å². The molecule has 1 aliphatic heterocycles. The number of hydrogen-bond acceptors (Lipinski definition) is 6. The van der Waals surface area contributed by atoms with E-state index in [1.54, 1.807) is 0 Å². The fourth-order valence-corrected chi connectivity index (χ4v) is 4.71. The Hall–Kier alpha value is -3.09. The number of alkyl halides is 3. The minimum absolute atomic E-state index is 0.0542. The molecule has 2 heterocycles. The third-order valence-corrected chi connectivity index (χ3v) is 6.56. The smallest absolute Gasteiger partial charge is 0.416 e. The number of hydrogen-bond donors (Lipinski definition) is 2. The standard InChI is InChI=1S/C18H19F3N4O5S/c1-24-16(28)14(26)13(23-17(24)25-7-2-3-8-31(25,29)30)15(27)22-10-11-5-4-6-12(9-11)18(19,20)21/h4-6,9,26H,2-3,7-8,10H2,1H3,(H,22,27). The van der Waals surface area contributed by atoms with E-state index in [-0.39, 0.29) is 30.4 Å². The van der Waals surface area contributed by atoms with Crippen molar-refractivity contribution >= 4 is 21.9 Å². The number of sulfonamides is 1. The van der Waals surface area contributed by atoms with Crippen molar-refractivity contribution < 1.29 is 31.5 Å². The highest BCUT2D eigenvalue weighted by molar-refractivity contribution is 7.92. The summed E-state index contributed by atoms with van der Waals surface area (Å²) in [6.07, 6.45) is -3.59. The number of amides is 1. The number of halogens is 3. The van der Waals surface area contributed by atoms with Gasteiger partial charge in [-0.25, -0.2) is 17.7 Å². The molecule has 2 aromatic rings. The van der Waals surface area contributed by atoms with Gasteiger partial charge in [-0.05, 0) is 30.5 Å². The lowest BCUT2D eigenvalue weighted by atomic mass is 10.1. The van der Waals surface area contributed by atoms with Crippen molar-refractivity contribution in [2.24, 2.45) is 7.05 Å². The molecule has 0 spiro atoms. The first-order valence-electron chi connectivity index (χ1n) is 9.16. The molecule has 9 nitrogen and oxygen atoms in total. The molecule has 0 bridgehead atoms. The van der Waals surface area contributed by atoms with E-state index in [9.17, 15) is 36.3 Å². The average Bonchev–Trinajstić information content (AvgIpc) is 2.70. The van der Waals surface area contributed by atoms with Crippen LogP contribution in [0.15, 0.2) is 29.1 Å². The highest BCUT2D eigenvalue weighted by atomic mass is 32.2. The molecule has 1 saturated heterocycles. The molecular weight excluding hydrogens is 441 g/mol. The number of nitrogens with one attached hydrogen (secondary N) is 1. The molecule has 1 amide bonds. The van der Waals surface area contributed by atoms with Crippen LogP contribution in [0.25, 0.3) is 0 Å². The molecule has 1 aromatic heterocycles. The number of aromatic nitrogens is 2. The van der Waals surface area contributed by atoms with E-state index in [4.69, 9.17) is 0 Å². The molecule has 1 fully saturated rings. The minimum Gasteiger partial charge on any atom is -0.501 e. The summed E-state index contributed by atoms with van der Waals surface area (Å²) in [7, 11) is -2.55. The Morgan fingerprint density at radius 3 is 2.65 bits per heavy atom. The van der Waals surface area contributed by atoms with E-state index in [1.807, 2.05) is 0 Å². The molecule has 0 unspecified atom stereocenters. The number of carbonyl (C=O) groups excluding carboxylic acids is 1. The SMILES string of the molecule is Cn1c(N2CCCCS2(=O)=O)nc(C(=O)NCc2cccc(C(F)(F)F)c2)c(O)c1=O. The van der Waals surface area contributed by atoms with E-state index in [2.05, 4.69) is 10.3 Å². The van der Waals surface area contributed by atoms with Crippen molar-refractivity contribution in [2.75, 3.05) is 16.6 Å². The molecular formula is C18H19F3N4O5S. The van der Waals surface area contributed by atoms with E-state index in [0.29, 0.717) is 12.8 Å². The van der Waals surface area contributed by atoms with Crippen LogP contribution in [-0.4, -0.2) is 41.3 Å². The number of carbonyl (C=O) groups is 1. The zero-order valence-corrected chi connectivity index (χ0v) is 17.1. The molecule has 0 aliphatic carbocycles. The highest BCUT2D eigenvalue weighted by Gasteiger charge is 2.32. The van der Waals surface area contributed by atoms with Crippen LogP contribution >= 0.6 is 0 Å². The number of nitrogens with zero attached hydrogens (tertiary/aromatic N) is 3. The van der Waals surface area contributed by atoms with Gasteiger partial charge >= 0.3 is 6.18 Å². The quantitative estimate of drug-likeness (QED) is 0.711. The third-order valence-electron chi connectivity index (χ3n) is 4.74. The Bertz CT molecular complexity index is 1180. The van der Waals surface area contributed by atoms with Crippen molar-refractivity contribution in [1.29, 1.82) is 0 Å². The van der Waals surface area contributed by atoms with Gasteiger partial charge in [-0.3, -0.25) is 14.2 Å². The van der Waals surface area contributed by atoms with Crippen LogP contribution in [0.5, 0.6) is 5.75 Å². The van der Waals surface area contributed by atoms with Crippen molar-refractivity contribution in [3.63, 3.8) is 0 Å². The number of benzene rings is 1. The zero-order valence-electron chi connectivity index (χ0n) is 16.3. The molecule has 0 atom stereocenters. The summed E-state index contributed by atoms with van der Waals surface area (Å²) >= 11 is 0. The molecule has 0 radical (unpaired) electrons. The molecule has 1 aromatic carbocycles. The second kappa shape index (κ2) is 8.21. The number of rotatable bonds is 4. The second-order valence-corrected chi connectivity index (χ2v) is 8.96. The maximum Gasteiger partial charge on any atom is 0.416 e.